The van der Waals surface area contributed by atoms with Gasteiger partial charge >= 0.3 is 0 Å². The van der Waals surface area contributed by atoms with E-state index < -0.39 is 17.7 Å². The number of benzene rings is 2. The van der Waals surface area contributed by atoms with Gasteiger partial charge in [0.05, 0.1) is 25.3 Å². The number of likely N-dealkylation sites (tertiary alicyclic amines) is 1. The van der Waals surface area contributed by atoms with Crippen molar-refractivity contribution < 1.29 is 34.0 Å². The number of amides is 1. The molecule has 4 rings (SSSR count). The number of aliphatic hydroxyl groups is 1. The predicted octanol–water partition coefficient (Wildman–Crippen LogP) is 2.79. The number of rotatable bonds is 6. The van der Waals surface area contributed by atoms with Gasteiger partial charge in [0.15, 0.2) is 11.5 Å². The third kappa shape index (κ3) is 3.67. The number of phenols is 1. The summed E-state index contributed by atoms with van der Waals surface area (Å²) >= 11 is 0. The average molecular weight is 439 g/mol. The van der Waals surface area contributed by atoms with Gasteiger partial charge < -0.3 is 29.3 Å². The predicted molar refractivity (Wildman–Crippen MR) is 116 cm³/mol. The van der Waals surface area contributed by atoms with Crippen LogP contribution in [0.25, 0.3) is 5.76 Å². The number of hydrogen-bond donors (Lipinski definition) is 2. The Morgan fingerprint density at radius 2 is 1.97 bits per heavy atom. The highest BCUT2D eigenvalue weighted by Crippen LogP contribution is 2.42. The first-order valence-corrected chi connectivity index (χ1v) is 10.3. The fraction of sp³-hybridized carbons (Fsp3) is 0.333. The zero-order valence-electron chi connectivity index (χ0n) is 18.1. The van der Waals surface area contributed by atoms with Crippen LogP contribution in [0.5, 0.6) is 17.2 Å². The highest BCUT2D eigenvalue weighted by atomic mass is 16.5. The van der Waals surface area contributed by atoms with Crippen LogP contribution < -0.4 is 9.47 Å². The van der Waals surface area contributed by atoms with E-state index in [2.05, 4.69) is 0 Å². The lowest BCUT2D eigenvalue weighted by Crippen LogP contribution is -2.32. The van der Waals surface area contributed by atoms with Crippen molar-refractivity contribution in [1.29, 1.82) is 0 Å². The summed E-state index contributed by atoms with van der Waals surface area (Å²) in [5.41, 5.74) is 1.86. The van der Waals surface area contributed by atoms with Gasteiger partial charge in [0.2, 0.25) is 0 Å². The van der Waals surface area contributed by atoms with Crippen molar-refractivity contribution >= 4 is 17.4 Å². The second-order valence-corrected chi connectivity index (χ2v) is 7.87. The molecule has 1 fully saturated rings. The number of fused-ring (bicyclic) bond motifs is 1. The zero-order valence-corrected chi connectivity index (χ0v) is 18.1. The number of Topliss-reactive ketones (excluding diaryl/α,β-unsaturated/α-hetero) is 1. The molecule has 0 saturated carbocycles. The Morgan fingerprint density at radius 1 is 1.19 bits per heavy atom. The van der Waals surface area contributed by atoms with E-state index in [1.165, 1.54) is 25.2 Å². The molecule has 2 aliphatic rings. The molecule has 8 nitrogen and oxygen atoms in total. The third-order valence-electron chi connectivity index (χ3n) is 5.77. The Morgan fingerprint density at radius 3 is 2.69 bits per heavy atom. The van der Waals surface area contributed by atoms with Crippen LogP contribution in [-0.4, -0.2) is 60.3 Å². The number of carbonyl (C=O) groups excluding carboxylic acids is 2. The van der Waals surface area contributed by atoms with E-state index in [1.807, 2.05) is 6.92 Å². The van der Waals surface area contributed by atoms with Crippen LogP contribution in [0.15, 0.2) is 42.0 Å². The van der Waals surface area contributed by atoms with Gasteiger partial charge in [-0.25, -0.2) is 0 Å². The second-order valence-electron chi connectivity index (χ2n) is 7.87. The third-order valence-corrected chi connectivity index (χ3v) is 5.77. The highest BCUT2D eigenvalue weighted by molar-refractivity contribution is 6.46. The normalized spacial score (nSPS) is 21.5. The molecular formula is C24H25NO7. The van der Waals surface area contributed by atoms with Crippen LogP contribution in [0, 0.1) is 0 Å². The summed E-state index contributed by atoms with van der Waals surface area (Å²) < 4.78 is 16.0. The van der Waals surface area contributed by atoms with Gasteiger partial charge in [-0.3, -0.25) is 9.59 Å². The van der Waals surface area contributed by atoms with Crippen LogP contribution in [0.2, 0.25) is 0 Å². The van der Waals surface area contributed by atoms with E-state index >= 15 is 0 Å². The Balaban J connectivity index is 1.85. The monoisotopic (exact) mass is 439 g/mol. The number of methoxy groups -OCH3 is 2. The Bertz CT molecular complexity index is 1110. The lowest BCUT2D eigenvalue weighted by Gasteiger charge is -2.25. The number of hydrogen-bond acceptors (Lipinski definition) is 7. The molecule has 2 heterocycles. The van der Waals surface area contributed by atoms with Gasteiger partial charge in [-0.15, -0.1) is 0 Å². The molecule has 1 amide bonds. The molecule has 0 bridgehead atoms. The minimum atomic E-state index is -0.858. The van der Waals surface area contributed by atoms with Crippen molar-refractivity contribution in [1.82, 2.24) is 4.90 Å². The van der Waals surface area contributed by atoms with E-state index in [1.54, 1.807) is 30.3 Å². The van der Waals surface area contributed by atoms with Crippen LogP contribution in [-0.2, 0) is 20.7 Å². The fourth-order valence-corrected chi connectivity index (χ4v) is 4.24. The van der Waals surface area contributed by atoms with Crippen molar-refractivity contribution in [2.24, 2.45) is 0 Å². The molecule has 1 saturated heterocycles. The van der Waals surface area contributed by atoms with Gasteiger partial charge in [0.1, 0.15) is 17.6 Å². The summed E-state index contributed by atoms with van der Waals surface area (Å²) in [5.74, 6) is -0.891. The molecule has 32 heavy (non-hydrogen) atoms. The minimum Gasteiger partial charge on any atom is -0.507 e. The number of ketones is 1. The van der Waals surface area contributed by atoms with Crippen LogP contribution in [0.1, 0.15) is 29.7 Å². The summed E-state index contributed by atoms with van der Waals surface area (Å²) in [5, 5.41) is 21.2. The van der Waals surface area contributed by atoms with Crippen molar-refractivity contribution in [3.8, 4) is 17.2 Å². The zero-order chi connectivity index (χ0) is 23.0. The van der Waals surface area contributed by atoms with E-state index in [0.717, 1.165) is 11.3 Å². The quantitative estimate of drug-likeness (QED) is 0.405. The molecule has 0 aliphatic carbocycles. The van der Waals surface area contributed by atoms with Crippen LogP contribution in [0.3, 0.4) is 0 Å². The second kappa shape index (κ2) is 8.55. The van der Waals surface area contributed by atoms with Crippen molar-refractivity contribution in [3.05, 3.63) is 58.7 Å². The number of aromatic hydroxyl groups is 1. The van der Waals surface area contributed by atoms with Crippen molar-refractivity contribution in [2.45, 2.75) is 25.5 Å². The number of carbonyl (C=O) groups is 2. The molecule has 2 aliphatic heterocycles. The maximum Gasteiger partial charge on any atom is 0.295 e. The summed E-state index contributed by atoms with van der Waals surface area (Å²) in [6.07, 6.45) is 0.725. The molecule has 0 aromatic heterocycles. The molecule has 2 aromatic rings. The largest absolute Gasteiger partial charge is 0.507 e. The minimum absolute atomic E-state index is 0.0224. The van der Waals surface area contributed by atoms with E-state index in [-0.39, 0.29) is 42.1 Å². The maximum atomic E-state index is 13.0. The lowest BCUT2D eigenvalue weighted by molar-refractivity contribution is -0.140. The van der Waals surface area contributed by atoms with Gasteiger partial charge in [0.25, 0.3) is 11.7 Å². The maximum absolute atomic E-state index is 13.0. The topological polar surface area (TPSA) is 106 Å². The highest BCUT2D eigenvalue weighted by Gasteiger charge is 2.46. The Labute approximate surface area is 185 Å². The number of phenolic OH excluding ortho intramolecular Hbond substituents is 1. The van der Waals surface area contributed by atoms with Crippen LogP contribution in [0.4, 0.5) is 0 Å². The van der Waals surface area contributed by atoms with Crippen molar-refractivity contribution in [2.75, 3.05) is 27.4 Å². The van der Waals surface area contributed by atoms with Gasteiger partial charge in [-0.05, 0) is 48.4 Å². The SMILES string of the molecule is COCCN1C(=O)C(=O)C(=C(O)c2ccc3c(c2)CC(C)O3)C1c1ccc(O)c(OC)c1. The first-order chi connectivity index (χ1) is 15.3. The summed E-state index contributed by atoms with van der Waals surface area (Å²) in [7, 11) is 2.91. The van der Waals surface area contributed by atoms with E-state index in [9.17, 15) is 19.8 Å². The van der Waals surface area contributed by atoms with Gasteiger partial charge in [-0.2, -0.15) is 0 Å². The summed E-state index contributed by atoms with van der Waals surface area (Å²) in [6, 6.07) is 8.93. The Hall–Kier alpha value is -3.52. The molecule has 2 atom stereocenters. The number of nitrogens with zero attached hydrogens (tertiary/aromatic N) is 1. The van der Waals surface area contributed by atoms with E-state index in [0.29, 0.717) is 17.5 Å². The van der Waals surface area contributed by atoms with Gasteiger partial charge in [0, 0.05) is 25.6 Å². The molecule has 0 radical (unpaired) electrons. The van der Waals surface area contributed by atoms with Gasteiger partial charge in [-0.1, -0.05) is 6.07 Å². The molecule has 8 heteroatoms. The number of aliphatic hydroxyl groups excluding tert-OH is 1. The van der Waals surface area contributed by atoms with E-state index in [4.69, 9.17) is 14.2 Å². The Kier molecular flexibility index (Phi) is 5.80. The molecule has 168 valence electrons. The molecule has 0 spiro atoms. The van der Waals surface area contributed by atoms with Crippen molar-refractivity contribution in [3.63, 3.8) is 0 Å². The fourth-order valence-electron chi connectivity index (χ4n) is 4.24. The average Bonchev–Trinajstić information content (AvgIpc) is 3.28. The molecule has 2 aromatic carbocycles. The molecule has 2 unspecified atom stereocenters. The standard InChI is InChI=1S/C24H25NO7/c1-13-10-16-11-15(5-7-18(16)32-13)22(27)20-21(14-4-6-17(26)19(12-14)31-3)25(8-9-30-2)24(29)23(20)28/h4-7,11-13,21,26-27H,8-10H2,1-3H3. The molecule has 2 N–H and O–H groups in total. The smallest absolute Gasteiger partial charge is 0.295 e. The first kappa shape index (κ1) is 21.7. The van der Waals surface area contributed by atoms with Crippen LogP contribution >= 0.6 is 0 Å². The first-order valence-electron chi connectivity index (χ1n) is 10.3. The molecular weight excluding hydrogens is 414 g/mol. The lowest BCUT2D eigenvalue weighted by atomic mass is 9.94. The summed E-state index contributed by atoms with van der Waals surface area (Å²) in [4.78, 5) is 27.3. The summed E-state index contributed by atoms with van der Waals surface area (Å²) in [6.45, 7) is 2.33. The number of ether oxygens (including phenoxy) is 3.